The van der Waals surface area contributed by atoms with E-state index in [4.69, 9.17) is 0 Å². The van der Waals surface area contributed by atoms with Crippen LogP contribution in [0, 0.1) is 0 Å². The third-order valence-corrected chi connectivity index (χ3v) is 3.91. The fourth-order valence-corrected chi connectivity index (χ4v) is 2.89. The number of carbonyl (C=O) groups excluding carboxylic acids is 1. The zero-order chi connectivity index (χ0) is 10.8. The number of hydrogen-bond acceptors (Lipinski definition) is 2. The molecule has 1 heterocycles. The Kier molecular flexibility index (Phi) is 4.15. The van der Waals surface area contributed by atoms with Gasteiger partial charge in [-0.1, -0.05) is 45.2 Å². The summed E-state index contributed by atoms with van der Waals surface area (Å²) in [6.45, 7) is 2.64. The van der Waals surface area contributed by atoms with E-state index in [-0.39, 0.29) is 5.91 Å². The molecule has 0 aromatic rings. The van der Waals surface area contributed by atoms with Crippen molar-refractivity contribution >= 4 is 37.8 Å². The van der Waals surface area contributed by atoms with Gasteiger partial charge in [0, 0.05) is 12.6 Å². The van der Waals surface area contributed by atoms with Gasteiger partial charge < -0.3 is 10.0 Å². The van der Waals surface area contributed by atoms with Crippen LogP contribution in [0.3, 0.4) is 0 Å². The molecule has 1 aliphatic heterocycles. The molecule has 0 aromatic heterocycles. The van der Waals surface area contributed by atoms with Crippen LogP contribution in [0.1, 0.15) is 19.8 Å². The highest BCUT2D eigenvalue weighted by atomic mass is 79.9. The second kappa shape index (κ2) is 4.77. The third kappa shape index (κ3) is 2.04. The van der Waals surface area contributed by atoms with Gasteiger partial charge in [-0.3, -0.25) is 4.79 Å². The predicted molar refractivity (Wildman–Crippen MR) is 62.4 cm³/mol. The number of amides is 1. The van der Waals surface area contributed by atoms with E-state index in [1.54, 1.807) is 0 Å². The number of rotatable bonds is 4. The molecule has 0 spiro atoms. The monoisotopic (exact) mass is 325 g/mol. The van der Waals surface area contributed by atoms with Gasteiger partial charge in [0.1, 0.15) is 0 Å². The molecule has 0 saturated heterocycles. The van der Waals surface area contributed by atoms with E-state index in [2.05, 4.69) is 38.8 Å². The van der Waals surface area contributed by atoms with E-state index in [1.807, 2.05) is 0 Å². The first-order valence-corrected chi connectivity index (χ1v) is 6.45. The second-order valence-electron chi connectivity index (χ2n) is 3.29. The molecule has 0 saturated carbocycles. The van der Waals surface area contributed by atoms with Gasteiger partial charge in [-0.25, -0.2) is 0 Å². The van der Waals surface area contributed by atoms with Crippen molar-refractivity contribution in [2.45, 2.75) is 25.5 Å². The number of hydrogen-bond donors (Lipinski definition) is 1. The van der Waals surface area contributed by atoms with E-state index in [0.29, 0.717) is 16.4 Å². The van der Waals surface area contributed by atoms with E-state index in [9.17, 15) is 9.90 Å². The number of nitrogens with zero attached hydrogens (tertiary/aromatic N) is 1. The van der Waals surface area contributed by atoms with Gasteiger partial charge in [0.15, 0.2) is 5.72 Å². The zero-order valence-corrected chi connectivity index (χ0v) is 11.1. The Morgan fingerprint density at radius 3 is 2.79 bits per heavy atom. The van der Waals surface area contributed by atoms with Crippen LogP contribution in [-0.2, 0) is 4.79 Å². The van der Waals surface area contributed by atoms with Gasteiger partial charge in [0.25, 0.3) is 0 Å². The highest BCUT2D eigenvalue weighted by molar-refractivity contribution is 9.12. The Bertz CT molecular complexity index is 268. The summed E-state index contributed by atoms with van der Waals surface area (Å²) in [5.74, 6) is -0.132. The summed E-state index contributed by atoms with van der Waals surface area (Å²) < 4.78 is 0.531. The van der Waals surface area contributed by atoms with Gasteiger partial charge in [0.2, 0.25) is 5.91 Å². The Morgan fingerprint density at radius 1 is 1.64 bits per heavy atom. The minimum absolute atomic E-state index is 0.132. The summed E-state index contributed by atoms with van der Waals surface area (Å²) in [7, 11) is 0. The summed E-state index contributed by atoms with van der Waals surface area (Å²) in [5.41, 5.74) is -1.19. The maximum atomic E-state index is 11.5. The maximum Gasteiger partial charge on any atom is 0.250 e. The number of aliphatic hydroxyl groups is 1. The van der Waals surface area contributed by atoms with Gasteiger partial charge in [0.05, 0.1) is 9.81 Å². The molecule has 0 bridgehead atoms. The first-order valence-electron chi connectivity index (χ1n) is 4.54. The van der Waals surface area contributed by atoms with Crippen LogP contribution in [0.4, 0.5) is 0 Å². The van der Waals surface area contributed by atoms with Crippen LogP contribution in [0.2, 0.25) is 0 Å². The van der Waals surface area contributed by atoms with Crippen LogP contribution < -0.4 is 0 Å². The fourth-order valence-electron chi connectivity index (χ4n) is 1.36. The molecule has 1 atom stereocenters. The number of carbonyl (C=O) groups is 1. The molecule has 0 radical (unpaired) electrons. The normalized spacial score (nSPS) is 27.0. The van der Waals surface area contributed by atoms with Crippen LogP contribution in [0.25, 0.3) is 0 Å². The van der Waals surface area contributed by atoms with Crippen molar-refractivity contribution in [1.29, 1.82) is 0 Å². The van der Waals surface area contributed by atoms with Crippen molar-refractivity contribution in [2.75, 3.05) is 11.9 Å². The van der Waals surface area contributed by atoms with Crippen molar-refractivity contribution in [3.63, 3.8) is 0 Å². The van der Waals surface area contributed by atoms with Crippen molar-refractivity contribution < 1.29 is 9.90 Å². The van der Waals surface area contributed by atoms with Gasteiger partial charge in [-0.2, -0.15) is 0 Å². The molecule has 80 valence electrons. The number of alkyl halides is 1. The molecule has 1 amide bonds. The molecule has 0 aliphatic carbocycles. The Morgan fingerprint density at radius 2 is 2.29 bits per heavy atom. The van der Waals surface area contributed by atoms with Crippen molar-refractivity contribution in [2.24, 2.45) is 0 Å². The molecule has 5 heteroatoms. The number of halogens is 2. The average Bonchev–Trinajstić information content (AvgIpc) is 2.37. The van der Waals surface area contributed by atoms with Crippen molar-refractivity contribution in [3.8, 4) is 0 Å². The molecule has 1 aliphatic rings. The lowest BCUT2D eigenvalue weighted by Gasteiger charge is -2.33. The predicted octanol–water partition coefficient (Wildman–Crippen LogP) is 1.99. The topological polar surface area (TPSA) is 40.5 Å². The van der Waals surface area contributed by atoms with Gasteiger partial charge in [-0.05, 0) is 6.42 Å². The van der Waals surface area contributed by atoms with E-state index < -0.39 is 5.72 Å². The van der Waals surface area contributed by atoms with Gasteiger partial charge in [-0.15, -0.1) is 0 Å². The molecule has 1 unspecified atom stereocenters. The molecule has 14 heavy (non-hydrogen) atoms. The molecular weight excluding hydrogens is 314 g/mol. The van der Waals surface area contributed by atoms with E-state index in [0.717, 1.165) is 12.8 Å². The quantitative estimate of drug-likeness (QED) is 0.803. The molecule has 3 nitrogen and oxygen atoms in total. The SMILES string of the molecule is CCCCN1C(=O)C=C(Br)C1(O)CBr. The molecular formula is C9H13Br2NO2. The Labute approximate surface area is 100 Å². The highest BCUT2D eigenvalue weighted by Crippen LogP contribution is 2.34. The first-order chi connectivity index (χ1) is 6.56. The number of unbranched alkanes of at least 4 members (excludes halogenated alkanes) is 1. The summed E-state index contributed by atoms with van der Waals surface area (Å²) in [4.78, 5) is 13.0. The van der Waals surface area contributed by atoms with Crippen LogP contribution >= 0.6 is 31.9 Å². The summed E-state index contributed by atoms with van der Waals surface area (Å²) >= 11 is 6.43. The molecule has 0 aromatic carbocycles. The Balaban J connectivity index is 2.79. The summed E-state index contributed by atoms with van der Waals surface area (Å²) in [5, 5.41) is 10.5. The van der Waals surface area contributed by atoms with Crippen LogP contribution in [0.15, 0.2) is 10.6 Å². The smallest absolute Gasteiger partial charge is 0.250 e. The lowest BCUT2D eigenvalue weighted by molar-refractivity contribution is -0.138. The third-order valence-electron chi connectivity index (χ3n) is 2.27. The van der Waals surface area contributed by atoms with Crippen molar-refractivity contribution in [1.82, 2.24) is 4.90 Å². The van der Waals surface area contributed by atoms with E-state index >= 15 is 0 Å². The molecule has 0 fully saturated rings. The zero-order valence-electron chi connectivity index (χ0n) is 7.96. The molecule has 1 rings (SSSR count). The minimum atomic E-state index is -1.19. The highest BCUT2D eigenvalue weighted by Gasteiger charge is 2.43. The minimum Gasteiger partial charge on any atom is -0.366 e. The van der Waals surface area contributed by atoms with Gasteiger partial charge >= 0.3 is 0 Å². The maximum absolute atomic E-state index is 11.5. The second-order valence-corrected chi connectivity index (χ2v) is 4.70. The Hall–Kier alpha value is 0.130. The first kappa shape index (κ1) is 12.2. The lowest BCUT2D eigenvalue weighted by Crippen LogP contribution is -2.49. The van der Waals surface area contributed by atoms with E-state index in [1.165, 1.54) is 11.0 Å². The summed E-state index contributed by atoms with van der Waals surface area (Å²) in [6, 6.07) is 0. The summed E-state index contributed by atoms with van der Waals surface area (Å²) in [6.07, 6.45) is 3.33. The van der Waals surface area contributed by atoms with Crippen LogP contribution in [0.5, 0.6) is 0 Å². The lowest BCUT2D eigenvalue weighted by atomic mass is 10.2. The standard InChI is InChI=1S/C9H13Br2NO2/c1-2-3-4-12-8(13)5-7(11)9(12,14)6-10/h5,14H,2-4,6H2,1H3. The van der Waals surface area contributed by atoms with Crippen molar-refractivity contribution in [3.05, 3.63) is 10.6 Å². The average molecular weight is 327 g/mol. The fraction of sp³-hybridized carbons (Fsp3) is 0.667. The largest absolute Gasteiger partial charge is 0.366 e. The van der Waals surface area contributed by atoms with Crippen LogP contribution in [-0.4, -0.2) is 33.5 Å². The molecule has 1 N–H and O–H groups in total.